The summed E-state index contributed by atoms with van der Waals surface area (Å²) >= 11 is 1.08. The molecule has 0 aliphatic rings. The lowest BCUT2D eigenvalue weighted by Gasteiger charge is -2.20. The van der Waals surface area contributed by atoms with Crippen LogP contribution in [0.25, 0.3) is 0 Å². The number of rotatable bonds is 8. The van der Waals surface area contributed by atoms with Gasteiger partial charge in [-0.3, -0.25) is 19.1 Å². The summed E-state index contributed by atoms with van der Waals surface area (Å²) in [7, 11) is -1.38. The second-order valence-electron chi connectivity index (χ2n) is 5.43. The highest BCUT2D eigenvalue weighted by molar-refractivity contribution is 7.94. The molecule has 1 aromatic heterocycles. The first-order valence-corrected chi connectivity index (χ1v) is 10.2. The smallest absolute Gasteiger partial charge is 0.325 e. The maximum absolute atomic E-state index is 12.6. The van der Waals surface area contributed by atoms with Crippen LogP contribution in [0.3, 0.4) is 0 Å². The number of hydrogen-bond acceptors (Lipinski definition) is 8. The van der Waals surface area contributed by atoms with Crippen LogP contribution in [-0.4, -0.2) is 58.5 Å². The minimum atomic E-state index is -3.71. The van der Waals surface area contributed by atoms with Gasteiger partial charge in [-0.05, 0) is 35.7 Å². The van der Waals surface area contributed by atoms with Gasteiger partial charge in [0.2, 0.25) is 0 Å². The predicted octanol–water partition coefficient (Wildman–Crippen LogP) is 1.34. The van der Waals surface area contributed by atoms with E-state index in [9.17, 15) is 22.8 Å². The standard InChI is InChI=1S/C17H18N2O7S2/c1-25-14(20)10-19(11-15(21)26-2)17(22)12-5-7-13(8-6-12)18-28(23,24)16-4-3-9-27-16/h3-9,18H,10-11H2,1-2H3. The first kappa shape index (κ1) is 21.4. The number of benzene rings is 1. The molecule has 1 amide bonds. The van der Waals surface area contributed by atoms with Crippen LogP contribution in [0, 0.1) is 0 Å². The molecular weight excluding hydrogens is 408 g/mol. The molecule has 2 aromatic rings. The third kappa shape index (κ3) is 5.54. The molecule has 150 valence electrons. The molecule has 0 atom stereocenters. The lowest BCUT2D eigenvalue weighted by Crippen LogP contribution is -2.40. The summed E-state index contributed by atoms with van der Waals surface area (Å²) in [5.41, 5.74) is 0.421. The van der Waals surface area contributed by atoms with Crippen LogP contribution in [0.1, 0.15) is 10.4 Å². The van der Waals surface area contributed by atoms with Crippen molar-refractivity contribution in [3.8, 4) is 0 Å². The zero-order valence-electron chi connectivity index (χ0n) is 15.1. The van der Waals surface area contributed by atoms with Crippen molar-refractivity contribution in [2.75, 3.05) is 32.0 Å². The van der Waals surface area contributed by atoms with Crippen LogP contribution in [0.5, 0.6) is 0 Å². The van der Waals surface area contributed by atoms with Crippen molar-refractivity contribution < 1.29 is 32.3 Å². The van der Waals surface area contributed by atoms with Gasteiger partial charge in [0.25, 0.3) is 15.9 Å². The van der Waals surface area contributed by atoms with E-state index in [0.29, 0.717) is 0 Å². The summed E-state index contributed by atoms with van der Waals surface area (Å²) in [6.45, 7) is -0.867. The molecule has 0 aliphatic heterocycles. The summed E-state index contributed by atoms with van der Waals surface area (Å²) in [6.07, 6.45) is 0. The van der Waals surface area contributed by atoms with Gasteiger partial charge in [0, 0.05) is 11.3 Å². The minimum Gasteiger partial charge on any atom is -0.468 e. The van der Waals surface area contributed by atoms with Gasteiger partial charge >= 0.3 is 11.9 Å². The number of carbonyl (C=O) groups excluding carboxylic acids is 3. The van der Waals surface area contributed by atoms with Crippen molar-refractivity contribution in [2.45, 2.75) is 4.21 Å². The van der Waals surface area contributed by atoms with Crippen molar-refractivity contribution in [3.63, 3.8) is 0 Å². The largest absolute Gasteiger partial charge is 0.468 e. The van der Waals surface area contributed by atoms with Crippen LogP contribution in [-0.2, 0) is 29.1 Å². The first-order chi connectivity index (χ1) is 13.3. The molecule has 1 aromatic carbocycles. The van der Waals surface area contributed by atoms with Gasteiger partial charge in [0.15, 0.2) is 0 Å². The minimum absolute atomic E-state index is 0.159. The predicted molar refractivity (Wildman–Crippen MR) is 102 cm³/mol. The molecule has 0 saturated carbocycles. The van der Waals surface area contributed by atoms with E-state index >= 15 is 0 Å². The zero-order valence-corrected chi connectivity index (χ0v) is 16.7. The molecule has 0 bridgehead atoms. The summed E-state index contributed by atoms with van der Waals surface area (Å²) in [5.74, 6) is -2.00. The van der Waals surface area contributed by atoms with Gasteiger partial charge in [0.1, 0.15) is 17.3 Å². The number of nitrogens with one attached hydrogen (secondary N) is 1. The number of anilines is 1. The zero-order chi connectivity index (χ0) is 20.7. The lowest BCUT2D eigenvalue weighted by molar-refractivity contribution is -0.144. The second kappa shape index (κ2) is 9.33. The monoisotopic (exact) mass is 426 g/mol. The summed E-state index contributed by atoms with van der Waals surface area (Å²) in [5, 5.41) is 1.65. The quantitative estimate of drug-likeness (QED) is 0.633. The van der Waals surface area contributed by atoms with Gasteiger partial charge in [-0.25, -0.2) is 8.42 Å². The fourth-order valence-corrected chi connectivity index (χ4v) is 4.18. The maximum Gasteiger partial charge on any atom is 0.325 e. The van der Waals surface area contributed by atoms with Crippen molar-refractivity contribution in [2.24, 2.45) is 0 Å². The molecule has 1 N–H and O–H groups in total. The number of esters is 2. The molecule has 0 saturated heterocycles. The molecule has 11 heteroatoms. The van der Waals surface area contributed by atoms with Crippen LogP contribution < -0.4 is 4.72 Å². The Kier molecular flexibility index (Phi) is 7.12. The molecule has 28 heavy (non-hydrogen) atoms. The number of methoxy groups -OCH3 is 2. The average Bonchev–Trinajstić information content (AvgIpc) is 3.22. The third-order valence-corrected chi connectivity index (χ3v) is 6.31. The van der Waals surface area contributed by atoms with Crippen LogP contribution in [0.2, 0.25) is 0 Å². The van der Waals surface area contributed by atoms with Gasteiger partial charge in [-0.1, -0.05) is 6.07 Å². The van der Waals surface area contributed by atoms with Crippen LogP contribution in [0.15, 0.2) is 46.0 Å². The molecule has 0 radical (unpaired) electrons. The molecule has 0 unspecified atom stereocenters. The topological polar surface area (TPSA) is 119 Å². The van der Waals surface area contributed by atoms with Crippen LogP contribution in [0.4, 0.5) is 5.69 Å². The summed E-state index contributed by atoms with van der Waals surface area (Å²) in [4.78, 5) is 36.6. The molecule has 0 fully saturated rings. The Balaban J connectivity index is 2.16. The van der Waals surface area contributed by atoms with Crippen LogP contribution >= 0.6 is 11.3 Å². The van der Waals surface area contributed by atoms with E-state index < -0.39 is 41.0 Å². The van der Waals surface area contributed by atoms with E-state index in [1.165, 1.54) is 30.3 Å². The van der Waals surface area contributed by atoms with E-state index in [0.717, 1.165) is 30.5 Å². The Morgan fingerprint density at radius 2 is 1.57 bits per heavy atom. The summed E-state index contributed by atoms with van der Waals surface area (Å²) < 4.78 is 36.1. The molecule has 1 heterocycles. The average molecular weight is 426 g/mol. The molecule has 9 nitrogen and oxygen atoms in total. The fraction of sp³-hybridized carbons (Fsp3) is 0.235. The van der Waals surface area contributed by atoms with E-state index in [4.69, 9.17) is 0 Å². The highest BCUT2D eigenvalue weighted by Gasteiger charge is 2.23. The number of sulfonamides is 1. The number of hydrogen-bond donors (Lipinski definition) is 1. The number of ether oxygens (including phenoxy) is 2. The highest BCUT2D eigenvalue weighted by Crippen LogP contribution is 2.20. The van der Waals surface area contributed by atoms with E-state index in [1.807, 2.05) is 0 Å². The number of carbonyl (C=O) groups is 3. The Hall–Kier alpha value is -2.92. The van der Waals surface area contributed by atoms with Crippen molar-refractivity contribution >= 4 is 44.9 Å². The number of thiophene rings is 1. The summed E-state index contributed by atoms with van der Waals surface area (Å²) in [6, 6.07) is 8.69. The maximum atomic E-state index is 12.6. The van der Waals surface area contributed by atoms with Crippen molar-refractivity contribution in [3.05, 3.63) is 47.3 Å². The number of nitrogens with zero attached hydrogens (tertiary/aromatic N) is 1. The van der Waals surface area contributed by atoms with Crippen molar-refractivity contribution in [1.29, 1.82) is 0 Å². The highest BCUT2D eigenvalue weighted by atomic mass is 32.2. The SMILES string of the molecule is COC(=O)CN(CC(=O)OC)C(=O)c1ccc(NS(=O)(=O)c2cccs2)cc1. The Bertz CT molecular complexity index is 920. The Morgan fingerprint density at radius 3 is 2.04 bits per heavy atom. The Labute approximate surface area is 165 Å². The molecule has 2 rings (SSSR count). The lowest BCUT2D eigenvalue weighted by atomic mass is 10.2. The van der Waals surface area contributed by atoms with E-state index in [-0.39, 0.29) is 15.5 Å². The number of amides is 1. The molecular formula is C17H18N2O7S2. The second-order valence-corrected chi connectivity index (χ2v) is 8.29. The normalized spacial score (nSPS) is 10.8. The first-order valence-electron chi connectivity index (χ1n) is 7.86. The van der Waals surface area contributed by atoms with E-state index in [2.05, 4.69) is 14.2 Å². The van der Waals surface area contributed by atoms with E-state index in [1.54, 1.807) is 11.4 Å². The fourth-order valence-electron chi connectivity index (χ4n) is 2.13. The van der Waals surface area contributed by atoms with Gasteiger partial charge in [0.05, 0.1) is 14.2 Å². The molecule has 0 spiro atoms. The Morgan fingerprint density at radius 1 is 1.00 bits per heavy atom. The van der Waals surface area contributed by atoms with Crippen molar-refractivity contribution in [1.82, 2.24) is 4.90 Å². The molecule has 0 aliphatic carbocycles. The third-order valence-electron chi connectivity index (χ3n) is 3.53. The van der Waals surface area contributed by atoms with Gasteiger partial charge in [-0.15, -0.1) is 11.3 Å². The van der Waals surface area contributed by atoms with Gasteiger partial charge < -0.3 is 14.4 Å². The van der Waals surface area contributed by atoms with Gasteiger partial charge in [-0.2, -0.15) is 0 Å².